The molecule has 0 aromatic carbocycles. The molecule has 0 aliphatic heterocycles. The van der Waals surface area contributed by atoms with Crippen LogP contribution >= 0.6 is 12.4 Å². The fraction of sp³-hybridized carbons (Fsp3) is 1.00. The summed E-state index contributed by atoms with van der Waals surface area (Å²) in [6.45, 7) is 7.14. The predicted octanol–water partition coefficient (Wildman–Crippen LogP) is 13.5. The Kier molecular flexibility index (Phi) is 33.8. The van der Waals surface area contributed by atoms with Crippen LogP contribution in [0.15, 0.2) is 0 Å². The number of halogens is 1. The van der Waals surface area contributed by atoms with Crippen LogP contribution in [0.5, 0.6) is 0 Å². The average Bonchev–Trinajstić information content (AvgIpc) is 2.89. The fourth-order valence-electron chi connectivity index (χ4n) is 5.97. The zero-order chi connectivity index (χ0) is 27.3. The minimum atomic E-state index is 0. The Balaban J connectivity index is 0. The molecular weight excluding hydrogens is 482 g/mol. The largest absolute Gasteiger partial charge is 0.304 e. The van der Waals surface area contributed by atoms with E-state index in [0.29, 0.717) is 5.54 Å². The van der Waals surface area contributed by atoms with Gasteiger partial charge in [-0.05, 0) is 33.9 Å². The molecule has 0 amide bonds. The van der Waals surface area contributed by atoms with Crippen molar-refractivity contribution in [3.05, 3.63) is 0 Å². The van der Waals surface area contributed by atoms with Gasteiger partial charge in [-0.3, -0.25) is 0 Å². The molecule has 232 valence electrons. The van der Waals surface area contributed by atoms with E-state index in [1.807, 2.05) is 0 Å². The van der Waals surface area contributed by atoms with Gasteiger partial charge in [-0.1, -0.05) is 194 Å². The van der Waals surface area contributed by atoms with Gasteiger partial charge in [0.1, 0.15) is 0 Å². The lowest BCUT2D eigenvalue weighted by molar-refractivity contribution is 0.139. The van der Waals surface area contributed by atoms with Crippen LogP contribution in [-0.4, -0.2) is 24.5 Å². The van der Waals surface area contributed by atoms with Crippen molar-refractivity contribution in [2.45, 2.75) is 219 Å². The Morgan fingerprint density at radius 1 is 0.342 bits per heavy atom. The van der Waals surface area contributed by atoms with Gasteiger partial charge < -0.3 is 4.90 Å². The maximum atomic E-state index is 2.53. The van der Waals surface area contributed by atoms with E-state index in [1.54, 1.807) is 0 Å². The summed E-state index contributed by atoms with van der Waals surface area (Å²) in [5.41, 5.74) is 0.411. The zero-order valence-corrected chi connectivity index (χ0v) is 28.4. The molecule has 0 bridgehead atoms. The monoisotopic (exact) mass is 558 g/mol. The van der Waals surface area contributed by atoms with E-state index in [0.717, 1.165) is 0 Å². The quantitative estimate of drug-likeness (QED) is 0.0765. The number of hydrogen-bond donors (Lipinski definition) is 0. The number of unbranched alkanes of at least 4 members (excludes halogenated alkanes) is 26. The Bertz CT molecular complexity index is 390. The number of rotatable bonds is 31. The van der Waals surface area contributed by atoms with E-state index in [1.165, 1.54) is 193 Å². The fourth-order valence-corrected chi connectivity index (χ4v) is 5.97. The van der Waals surface area contributed by atoms with Crippen LogP contribution in [0.4, 0.5) is 0 Å². The summed E-state index contributed by atoms with van der Waals surface area (Å²) >= 11 is 0. The standard InChI is InChI=1S/C36H75N.ClH/c1-6-8-10-12-14-16-18-20-22-24-26-28-30-32-34-36(3,37(4)5)35-33-31-29-27-25-23-21-19-17-15-13-11-9-7-2;/h6-35H2,1-5H3;1H. The van der Waals surface area contributed by atoms with Crippen molar-refractivity contribution in [3.8, 4) is 0 Å². The van der Waals surface area contributed by atoms with E-state index < -0.39 is 0 Å². The van der Waals surface area contributed by atoms with Gasteiger partial charge in [0.25, 0.3) is 0 Å². The maximum absolute atomic E-state index is 2.53. The molecule has 0 unspecified atom stereocenters. The van der Waals surface area contributed by atoms with Gasteiger partial charge in [-0.15, -0.1) is 12.4 Å². The van der Waals surface area contributed by atoms with Crippen molar-refractivity contribution in [2.24, 2.45) is 0 Å². The summed E-state index contributed by atoms with van der Waals surface area (Å²) in [6, 6.07) is 0. The molecule has 0 aliphatic carbocycles. The SMILES string of the molecule is CCCCCCCCCCCCCCCCC(C)(CCCCCCCCCCCCCCCC)N(C)C.Cl. The summed E-state index contributed by atoms with van der Waals surface area (Å²) in [4.78, 5) is 2.53. The van der Waals surface area contributed by atoms with Gasteiger partial charge in [0.05, 0.1) is 0 Å². The third-order valence-corrected chi connectivity index (χ3v) is 9.22. The van der Waals surface area contributed by atoms with Crippen molar-refractivity contribution in [1.29, 1.82) is 0 Å². The third kappa shape index (κ3) is 27.8. The molecule has 2 heteroatoms. The topological polar surface area (TPSA) is 3.24 Å². The van der Waals surface area contributed by atoms with Gasteiger partial charge >= 0.3 is 0 Å². The Hall–Kier alpha value is 0.250. The van der Waals surface area contributed by atoms with Gasteiger partial charge in [0.2, 0.25) is 0 Å². The van der Waals surface area contributed by atoms with Crippen LogP contribution in [0.1, 0.15) is 213 Å². The molecule has 0 saturated carbocycles. The van der Waals surface area contributed by atoms with Crippen LogP contribution in [0.25, 0.3) is 0 Å². The molecule has 0 rings (SSSR count). The normalized spacial score (nSPS) is 11.8. The van der Waals surface area contributed by atoms with E-state index in [2.05, 4.69) is 39.8 Å². The first kappa shape index (κ1) is 40.4. The molecule has 0 aliphatic rings. The second kappa shape index (κ2) is 31.8. The van der Waals surface area contributed by atoms with Crippen molar-refractivity contribution in [3.63, 3.8) is 0 Å². The minimum Gasteiger partial charge on any atom is -0.304 e. The molecular formula is C36H76ClN. The molecule has 0 saturated heterocycles. The Morgan fingerprint density at radius 3 is 0.711 bits per heavy atom. The highest BCUT2D eigenvalue weighted by atomic mass is 35.5. The maximum Gasteiger partial charge on any atom is 0.0175 e. The highest BCUT2D eigenvalue weighted by Gasteiger charge is 2.25. The molecule has 0 N–H and O–H groups in total. The van der Waals surface area contributed by atoms with E-state index in [4.69, 9.17) is 0 Å². The van der Waals surface area contributed by atoms with Gasteiger partial charge in [0.15, 0.2) is 0 Å². The second-order valence-corrected chi connectivity index (χ2v) is 13.1. The number of nitrogens with zero attached hydrogens (tertiary/aromatic N) is 1. The highest BCUT2D eigenvalue weighted by Crippen LogP contribution is 2.27. The zero-order valence-electron chi connectivity index (χ0n) is 27.6. The van der Waals surface area contributed by atoms with Crippen molar-refractivity contribution >= 4 is 12.4 Å². The third-order valence-electron chi connectivity index (χ3n) is 9.22. The van der Waals surface area contributed by atoms with E-state index >= 15 is 0 Å². The molecule has 0 fully saturated rings. The van der Waals surface area contributed by atoms with Crippen LogP contribution in [0, 0.1) is 0 Å². The van der Waals surface area contributed by atoms with Crippen molar-refractivity contribution < 1.29 is 0 Å². The molecule has 38 heavy (non-hydrogen) atoms. The molecule has 0 atom stereocenters. The van der Waals surface area contributed by atoms with E-state index in [9.17, 15) is 0 Å². The van der Waals surface area contributed by atoms with Gasteiger partial charge in [-0.25, -0.2) is 0 Å². The number of hydrogen-bond acceptors (Lipinski definition) is 1. The molecule has 0 radical (unpaired) electrons. The summed E-state index contributed by atoms with van der Waals surface area (Å²) in [5, 5.41) is 0. The summed E-state index contributed by atoms with van der Waals surface area (Å²) in [7, 11) is 4.63. The highest BCUT2D eigenvalue weighted by molar-refractivity contribution is 5.85. The van der Waals surface area contributed by atoms with E-state index in [-0.39, 0.29) is 12.4 Å². The first-order valence-corrected chi connectivity index (χ1v) is 17.7. The van der Waals surface area contributed by atoms with Gasteiger partial charge in [0, 0.05) is 5.54 Å². The molecule has 1 nitrogen and oxygen atoms in total. The minimum absolute atomic E-state index is 0. The molecule has 0 spiro atoms. The first-order chi connectivity index (χ1) is 18.1. The van der Waals surface area contributed by atoms with Crippen LogP contribution in [-0.2, 0) is 0 Å². The lowest BCUT2D eigenvalue weighted by Crippen LogP contribution is -2.41. The van der Waals surface area contributed by atoms with Crippen LogP contribution < -0.4 is 0 Å². The lowest BCUT2D eigenvalue weighted by atomic mass is 9.87. The van der Waals surface area contributed by atoms with Crippen LogP contribution in [0.3, 0.4) is 0 Å². The van der Waals surface area contributed by atoms with Gasteiger partial charge in [-0.2, -0.15) is 0 Å². The second-order valence-electron chi connectivity index (χ2n) is 13.1. The van der Waals surface area contributed by atoms with Crippen LogP contribution in [0.2, 0.25) is 0 Å². The predicted molar refractivity (Wildman–Crippen MR) is 179 cm³/mol. The smallest absolute Gasteiger partial charge is 0.0175 e. The van der Waals surface area contributed by atoms with Crippen molar-refractivity contribution in [1.82, 2.24) is 4.90 Å². The first-order valence-electron chi connectivity index (χ1n) is 17.7. The Morgan fingerprint density at radius 2 is 0.526 bits per heavy atom. The molecule has 0 heterocycles. The van der Waals surface area contributed by atoms with Crippen molar-refractivity contribution in [2.75, 3.05) is 14.1 Å². The Labute approximate surface area is 249 Å². The lowest BCUT2D eigenvalue weighted by Gasteiger charge is -2.37. The molecule has 0 aromatic heterocycles. The average molecular weight is 558 g/mol. The molecule has 0 aromatic rings. The summed E-state index contributed by atoms with van der Waals surface area (Å²) < 4.78 is 0. The summed E-state index contributed by atoms with van der Waals surface area (Å²) in [6.07, 6.45) is 43.5. The summed E-state index contributed by atoms with van der Waals surface area (Å²) in [5.74, 6) is 0.